The van der Waals surface area contributed by atoms with Crippen LogP contribution in [0.25, 0.3) is 0 Å². The van der Waals surface area contributed by atoms with Crippen LogP contribution < -0.4 is 4.74 Å². The molecule has 134 valence electrons. The number of carbonyl (C=O) groups excluding carboxylic acids is 3. The Morgan fingerprint density at radius 3 is 2.48 bits per heavy atom. The van der Waals surface area contributed by atoms with Gasteiger partial charge >= 0.3 is 17.2 Å². The molecule has 1 heterocycles. The molecule has 1 aliphatic rings. The van der Waals surface area contributed by atoms with Crippen LogP contribution in [0.2, 0.25) is 0 Å². The molecule has 8 heteroatoms. The van der Waals surface area contributed by atoms with Crippen LogP contribution in [0.4, 0.5) is 4.79 Å². The van der Waals surface area contributed by atoms with E-state index in [4.69, 9.17) is 18.9 Å². The highest BCUT2D eigenvalue weighted by Gasteiger charge is 2.38. The predicted octanol–water partition coefficient (Wildman–Crippen LogP) is 2.69. The van der Waals surface area contributed by atoms with Crippen molar-refractivity contribution in [3.05, 3.63) is 42.7 Å². The molecule has 25 heavy (non-hydrogen) atoms. The molecule has 0 N–H and O–H groups in total. The minimum atomic E-state index is -0.796. The molecule has 1 aliphatic heterocycles. The summed E-state index contributed by atoms with van der Waals surface area (Å²) in [5, 5.41) is -1.08. The Balaban J connectivity index is 2.03. The number of esters is 2. The molecule has 0 saturated carbocycles. The smallest absolute Gasteiger partial charge is 0.373 e. The fraction of sp³-hybridized carbons (Fsp3) is 0.353. The highest BCUT2D eigenvalue weighted by atomic mass is 32.2. The average molecular weight is 366 g/mol. The number of para-hydroxylation sites is 1. The lowest BCUT2D eigenvalue weighted by Gasteiger charge is -2.32. The number of carbonyl (C=O) groups is 3. The largest absolute Gasteiger partial charge is 0.491 e. The van der Waals surface area contributed by atoms with Gasteiger partial charge in [-0.15, -0.1) is 0 Å². The second kappa shape index (κ2) is 9.12. The molecule has 0 bridgehead atoms. The molecule has 0 fully saturated rings. The predicted molar refractivity (Wildman–Crippen MR) is 90.0 cm³/mol. The van der Waals surface area contributed by atoms with E-state index in [1.807, 2.05) is 6.07 Å². The van der Waals surface area contributed by atoms with Gasteiger partial charge in [0.25, 0.3) is 0 Å². The topological polar surface area (TPSA) is 88.1 Å². The summed E-state index contributed by atoms with van der Waals surface area (Å²) < 4.78 is 20.8. The van der Waals surface area contributed by atoms with Gasteiger partial charge in [0.15, 0.2) is 12.2 Å². The van der Waals surface area contributed by atoms with E-state index in [1.54, 1.807) is 30.3 Å². The summed E-state index contributed by atoms with van der Waals surface area (Å²) in [4.78, 5) is 34.5. The fourth-order valence-electron chi connectivity index (χ4n) is 2.12. The molecule has 0 saturated heterocycles. The van der Waals surface area contributed by atoms with Crippen molar-refractivity contribution in [2.24, 2.45) is 0 Å². The van der Waals surface area contributed by atoms with Gasteiger partial charge in [0.05, 0.1) is 11.5 Å². The molecule has 0 spiro atoms. The van der Waals surface area contributed by atoms with E-state index in [-0.39, 0.29) is 6.61 Å². The standard InChI is InChI=1S/C17H18O7S/c1-11(18)22-10-14-16(23-12(2)19)15(8-9-21-14)25-17(20)24-13-6-4-3-5-7-13/h3-9,14-16H,10H2,1-2H3/t14?,15-,16+/m1/s1. The van der Waals surface area contributed by atoms with Crippen LogP contribution in [0.5, 0.6) is 5.75 Å². The highest BCUT2D eigenvalue weighted by molar-refractivity contribution is 8.14. The normalized spacial score (nSPS) is 21.8. The highest BCUT2D eigenvalue weighted by Crippen LogP contribution is 2.29. The lowest BCUT2D eigenvalue weighted by atomic mass is 10.1. The summed E-state index contributed by atoms with van der Waals surface area (Å²) in [7, 11) is 0. The molecule has 0 aromatic heterocycles. The zero-order chi connectivity index (χ0) is 18.2. The maximum Gasteiger partial charge on any atom is 0.373 e. The van der Waals surface area contributed by atoms with Crippen LogP contribution in [-0.2, 0) is 23.8 Å². The molecule has 0 radical (unpaired) electrons. The van der Waals surface area contributed by atoms with Crippen LogP contribution in [0.15, 0.2) is 42.7 Å². The van der Waals surface area contributed by atoms with Crippen LogP contribution >= 0.6 is 11.8 Å². The summed E-state index contributed by atoms with van der Waals surface area (Å²) in [5.41, 5.74) is 0. The Kier molecular flexibility index (Phi) is 6.88. The molecule has 0 amide bonds. The summed E-state index contributed by atoms with van der Waals surface area (Å²) >= 11 is 0.858. The van der Waals surface area contributed by atoms with Crippen LogP contribution in [0, 0.1) is 0 Å². The number of hydrogen-bond donors (Lipinski definition) is 0. The summed E-state index contributed by atoms with van der Waals surface area (Å²) in [6.45, 7) is 2.43. The van der Waals surface area contributed by atoms with E-state index < -0.39 is 34.7 Å². The average Bonchev–Trinajstić information content (AvgIpc) is 2.55. The minimum Gasteiger partial charge on any atom is -0.491 e. The molecule has 3 atom stereocenters. The lowest BCUT2D eigenvalue weighted by Crippen LogP contribution is -2.45. The molecule has 1 unspecified atom stereocenters. The van der Waals surface area contributed by atoms with Gasteiger partial charge in [-0.05, 0) is 30.0 Å². The van der Waals surface area contributed by atoms with E-state index in [0.29, 0.717) is 5.75 Å². The lowest BCUT2D eigenvalue weighted by molar-refractivity contribution is -0.159. The molecular formula is C17H18O7S. The van der Waals surface area contributed by atoms with Crippen molar-refractivity contribution in [3.8, 4) is 5.75 Å². The van der Waals surface area contributed by atoms with Crippen molar-refractivity contribution in [2.75, 3.05) is 6.61 Å². The van der Waals surface area contributed by atoms with Gasteiger partial charge in [-0.1, -0.05) is 18.2 Å². The van der Waals surface area contributed by atoms with Gasteiger partial charge in [-0.3, -0.25) is 9.59 Å². The molecule has 2 rings (SSSR count). The van der Waals surface area contributed by atoms with Crippen molar-refractivity contribution in [1.82, 2.24) is 0 Å². The third kappa shape index (κ3) is 6.15. The first-order valence-electron chi connectivity index (χ1n) is 7.52. The second-order valence-corrected chi connectivity index (χ2v) is 6.24. The van der Waals surface area contributed by atoms with Gasteiger partial charge in [0.2, 0.25) is 0 Å². The maximum atomic E-state index is 12.1. The number of rotatable bonds is 5. The number of benzene rings is 1. The van der Waals surface area contributed by atoms with Crippen molar-refractivity contribution < 1.29 is 33.3 Å². The zero-order valence-corrected chi connectivity index (χ0v) is 14.6. The molecule has 1 aromatic carbocycles. The van der Waals surface area contributed by atoms with Crippen LogP contribution in [0.1, 0.15) is 13.8 Å². The van der Waals surface area contributed by atoms with Crippen molar-refractivity contribution in [2.45, 2.75) is 31.3 Å². The first kappa shape index (κ1) is 18.9. The maximum absolute atomic E-state index is 12.1. The summed E-state index contributed by atoms with van der Waals surface area (Å²) in [6.07, 6.45) is 1.48. The van der Waals surface area contributed by atoms with Crippen molar-refractivity contribution in [1.29, 1.82) is 0 Å². The fourth-order valence-corrected chi connectivity index (χ4v) is 2.99. The van der Waals surface area contributed by atoms with Gasteiger partial charge in [-0.2, -0.15) is 0 Å². The first-order chi connectivity index (χ1) is 12.0. The minimum absolute atomic E-state index is 0.0948. The third-order valence-corrected chi connectivity index (χ3v) is 4.11. The second-order valence-electron chi connectivity index (χ2n) is 5.13. The Morgan fingerprint density at radius 1 is 1.12 bits per heavy atom. The first-order valence-corrected chi connectivity index (χ1v) is 8.40. The van der Waals surface area contributed by atoms with Crippen LogP contribution in [0.3, 0.4) is 0 Å². The Labute approximate surface area is 149 Å². The van der Waals surface area contributed by atoms with Gasteiger partial charge in [0, 0.05) is 13.8 Å². The number of hydrogen-bond acceptors (Lipinski definition) is 8. The Morgan fingerprint density at radius 2 is 1.84 bits per heavy atom. The van der Waals surface area contributed by atoms with Gasteiger partial charge < -0.3 is 18.9 Å². The number of thioether (sulfide) groups is 1. The zero-order valence-electron chi connectivity index (χ0n) is 13.7. The quantitative estimate of drug-likeness (QED) is 0.735. The number of ether oxygens (including phenoxy) is 4. The van der Waals surface area contributed by atoms with E-state index in [2.05, 4.69) is 0 Å². The van der Waals surface area contributed by atoms with E-state index >= 15 is 0 Å². The third-order valence-electron chi connectivity index (χ3n) is 3.14. The molecule has 0 aliphatic carbocycles. The monoisotopic (exact) mass is 366 g/mol. The van der Waals surface area contributed by atoms with E-state index in [1.165, 1.54) is 20.1 Å². The van der Waals surface area contributed by atoms with Crippen LogP contribution in [-0.4, -0.2) is 41.3 Å². The Bertz CT molecular complexity index is 644. The van der Waals surface area contributed by atoms with Crippen molar-refractivity contribution in [3.63, 3.8) is 0 Å². The molecule has 7 nitrogen and oxygen atoms in total. The van der Waals surface area contributed by atoms with E-state index in [0.717, 1.165) is 11.8 Å². The van der Waals surface area contributed by atoms with E-state index in [9.17, 15) is 14.4 Å². The van der Waals surface area contributed by atoms with Gasteiger partial charge in [0.1, 0.15) is 12.4 Å². The SMILES string of the molecule is CC(=O)OCC1OC=C[C@@H](SC(=O)Oc2ccccc2)[C@H]1OC(C)=O. The van der Waals surface area contributed by atoms with Crippen molar-refractivity contribution >= 4 is 29.0 Å². The molecular weight excluding hydrogens is 348 g/mol. The summed E-state index contributed by atoms with van der Waals surface area (Å²) in [5.74, 6) is -0.595. The Hall–Kier alpha value is -2.48. The molecule has 1 aromatic rings. The van der Waals surface area contributed by atoms with Gasteiger partial charge in [-0.25, -0.2) is 4.79 Å². The summed E-state index contributed by atoms with van der Waals surface area (Å²) in [6, 6.07) is 8.62.